The van der Waals surface area contributed by atoms with E-state index in [1.54, 1.807) is 0 Å². The Balaban J connectivity index is 3.74. The monoisotopic (exact) mass is 322 g/mol. The van der Waals surface area contributed by atoms with Crippen molar-refractivity contribution in [2.24, 2.45) is 26.2 Å². The predicted octanol–water partition coefficient (Wildman–Crippen LogP) is 4.97. The lowest BCUT2D eigenvalue weighted by Crippen LogP contribution is -2.47. The van der Waals surface area contributed by atoms with Crippen LogP contribution in [-0.2, 0) is 4.79 Å². The molecule has 0 aromatic rings. The summed E-state index contributed by atoms with van der Waals surface area (Å²) in [6, 6.07) is 0. The highest BCUT2D eigenvalue weighted by molar-refractivity contribution is 6.47. The number of carbonyl (C=O) groups is 1. The van der Waals surface area contributed by atoms with Crippen LogP contribution >= 0.6 is 0 Å². The fourth-order valence-electron chi connectivity index (χ4n) is 2.67. The molecule has 132 valence electrons. The quantitative estimate of drug-likeness (QED) is 0.719. The molecule has 0 atom stereocenters. The van der Waals surface area contributed by atoms with E-state index >= 15 is 0 Å². The Bertz CT molecular complexity index is 508. The lowest BCUT2D eigenvalue weighted by Gasteiger charge is -2.35. The zero-order valence-electron chi connectivity index (χ0n) is 16.4. The van der Waals surface area contributed by atoms with Crippen LogP contribution in [0.3, 0.4) is 0 Å². The van der Waals surface area contributed by atoms with Gasteiger partial charge in [-0.1, -0.05) is 62.3 Å². The summed E-state index contributed by atoms with van der Waals surface area (Å²) in [7, 11) is 0. The van der Waals surface area contributed by atoms with E-state index in [0.717, 1.165) is 24.3 Å². The Morgan fingerprint density at radius 1 is 0.870 bits per heavy atom. The SMILES string of the molecule is CCC(C)(C)C1=NC(C(=O)O)(C(C)(C)CC)N=C1C(C)(C)CC. The summed E-state index contributed by atoms with van der Waals surface area (Å²) in [4.78, 5) is 21.9. The van der Waals surface area contributed by atoms with Crippen LogP contribution in [0, 0.1) is 16.2 Å². The third-order valence-corrected chi connectivity index (χ3v) is 5.95. The molecule has 1 heterocycles. The Labute approximate surface area is 141 Å². The summed E-state index contributed by atoms with van der Waals surface area (Å²) in [6.45, 7) is 18.7. The van der Waals surface area contributed by atoms with E-state index in [1.165, 1.54) is 0 Å². The van der Waals surface area contributed by atoms with Gasteiger partial charge in [-0.25, -0.2) is 14.8 Å². The number of hydrogen-bond acceptors (Lipinski definition) is 3. The van der Waals surface area contributed by atoms with Gasteiger partial charge in [0.2, 0.25) is 0 Å². The summed E-state index contributed by atoms with van der Waals surface area (Å²) < 4.78 is 0. The van der Waals surface area contributed by atoms with E-state index in [4.69, 9.17) is 9.98 Å². The Morgan fingerprint density at radius 2 is 1.22 bits per heavy atom. The van der Waals surface area contributed by atoms with Gasteiger partial charge in [-0.15, -0.1) is 0 Å². The van der Waals surface area contributed by atoms with Gasteiger partial charge in [0.05, 0.1) is 11.4 Å². The predicted molar refractivity (Wildman–Crippen MR) is 97.5 cm³/mol. The molecule has 0 spiro atoms. The lowest BCUT2D eigenvalue weighted by molar-refractivity contribution is -0.147. The maximum absolute atomic E-state index is 12.2. The Morgan fingerprint density at radius 3 is 1.43 bits per heavy atom. The second-order valence-electron chi connectivity index (χ2n) is 8.61. The molecule has 0 aromatic heterocycles. The second kappa shape index (κ2) is 6.03. The molecule has 0 saturated heterocycles. The van der Waals surface area contributed by atoms with Crippen molar-refractivity contribution < 1.29 is 9.90 Å². The number of hydrogen-bond donors (Lipinski definition) is 1. The van der Waals surface area contributed by atoms with Crippen molar-refractivity contribution in [3.63, 3.8) is 0 Å². The highest BCUT2D eigenvalue weighted by atomic mass is 16.4. The van der Waals surface area contributed by atoms with Gasteiger partial charge in [0.1, 0.15) is 0 Å². The summed E-state index contributed by atoms with van der Waals surface area (Å²) in [5, 5.41) is 10.0. The molecule has 0 unspecified atom stereocenters. The fraction of sp³-hybridized carbons (Fsp3) is 0.842. The molecule has 1 aliphatic heterocycles. The van der Waals surface area contributed by atoms with Crippen molar-refractivity contribution in [2.45, 2.75) is 87.2 Å². The molecule has 4 heteroatoms. The van der Waals surface area contributed by atoms with Crippen LogP contribution in [0.15, 0.2) is 9.98 Å². The van der Waals surface area contributed by atoms with E-state index in [-0.39, 0.29) is 10.8 Å². The first-order valence-corrected chi connectivity index (χ1v) is 8.75. The Kier molecular flexibility index (Phi) is 5.20. The minimum atomic E-state index is -1.41. The van der Waals surface area contributed by atoms with E-state index < -0.39 is 17.0 Å². The maximum atomic E-state index is 12.2. The number of aliphatic imine (C=N–C) groups is 2. The number of nitrogens with zero attached hydrogens (tertiary/aromatic N) is 2. The van der Waals surface area contributed by atoms with Crippen LogP contribution in [0.4, 0.5) is 0 Å². The molecular weight excluding hydrogens is 288 g/mol. The third kappa shape index (κ3) is 3.09. The van der Waals surface area contributed by atoms with Gasteiger partial charge in [0.25, 0.3) is 5.66 Å². The van der Waals surface area contributed by atoms with Crippen molar-refractivity contribution in [2.75, 3.05) is 0 Å². The van der Waals surface area contributed by atoms with E-state index in [9.17, 15) is 9.90 Å². The minimum Gasteiger partial charge on any atom is -0.478 e. The number of aliphatic carboxylic acids is 1. The topological polar surface area (TPSA) is 62.0 Å². The van der Waals surface area contributed by atoms with Crippen LogP contribution in [0.2, 0.25) is 0 Å². The summed E-state index contributed by atoms with van der Waals surface area (Å²) in [5.41, 5.74) is -0.588. The van der Waals surface area contributed by atoms with E-state index in [1.807, 2.05) is 20.8 Å². The first-order valence-electron chi connectivity index (χ1n) is 8.75. The Hall–Kier alpha value is -1.19. The van der Waals surface area contributed by atoms with E-state index in [2.05, 4.69) is 41.5 Å². The first kappa shape index (κ1) is 19.9. The number of carboxylic acid groups (broad SMARTS) is 1. The van der Waals surface area contributed by atoms with Gasteiger partial charge in [0.15, 0.2) is 0 Å². The molecule has 1 rings (SSSR count). The van der Waals surface area contributed by atoms with Crippen LogP contribution < -0.4 is 0 Å². The summed E-state index contributed by atoms with van der Waals surface area (Å²) >= 11 is 0. The van der Waals surface area contributed by atoms with E-state index in [0.29, 0.717) is 6.42 Å². The largest absolute Gasteiger partial charge is 0.478 e. The summed E-state index contributed by atoms with van der Waals surface area (Å²) in [5.74, 6) is -0.948. The molecule has 0 aromatic carbocycles. The zero-order chi connectivity index (χ0) is 18.3. The van der Waals surface area contributed by atoms with Crippen LogP contribution in [-0.4, -0.2) is 28.2 Å². The molecule has 0 saturated carbocycles. The van der Waals surface area contributed by atoms with Gasteiger partial charge >= 0.3 is 5.97 Å². The van der Waals surface area contributed by atoms with Gasteiger partial charge in [-0.05, 0) is 19.3 Å². The lowest BCUT2D eigenvalue weighted by atomic mass is 9.73. The zero-order valence-corrected chi connectivity index (χ0v) is 16.4. The normalized spacial score (nSPS) is 18.7. The summed E-state index contributed by atoms with van der Waals surface area (Å²) in [6.07, 6.45) is 2.49. The highest BCUT2D eigenvalue weighted by Gasteiger charge is 2.56. The first-order chi connectivity index (χ1) is 10.3. The molecule has 0 radical (unpaired) electrons. The molecular formula is C19H34N2O2. The smallest absolute Gasteiger partial charge is 0.354 e. The third-order valence-electron chi connectivity index (χ3n) is 5.95. The number of rotatable bonds is 7. The number of carboxylic acids is 1. The molecule has 23 heavy (non-hydrogen) atoms. The van der Waals surface area contributed by atoms with Gasteiger partial charge in [0, 0.05) is 16.2 Å². The molecule has 4 nitrogen and oxygen atoms in total. The fourth-order valence-corrected chi connectivity index (χ4v) is 2.67. The molecule has 1 N–H and O–H groups in total. The minimum absolute atomic E-state index is 0.188. The molecule has 0 fully saturated rings. The van der Waals surface area contributed by atoms with Crippen LogP contribution in [0.5, 0.6) is 0 Å². The van der Waals surface area contributed by atoms with Crippen molar-refractivity contribution in [3.05, 3.63) is 0 Å². The van der Waals surface area contributed by atoms with Gasteiger partial charge < -0.3 is 5.11 Å². The average molecular weight is 322 g/mol. The second-order valence-corrected chi connectivity index (χ2v) is 8.61. The molecule has 0 aliphatic carbocycles. The van der Waals surface area contributed by atoms with Crippen LogP contribution in [0.25, 0.3) is 0 Å². The molecule has 0 bridgehead atoms. The molecule has 0 amide bonds. The highest BCUT2D eigenvalue weighted by Crippen LogP contribution is 2.46. The van der Waals surface area contributed by atoms with Crippen molar-refractivity contribution in [1.82, 2.24) is 0 Å². The maximum Gasteiger partial charge on any atom is 0.354 e. The average Bonchev–Trinajstić information content (AvgIpc) is 2.91. The van der Waals surface area contributed by atoms with Crippen molar-refractivity contribution in [1.29, 1.82) is 0 Å². The van der Waals surface area contributed by atoms with Gasteiger partial charge in [-0.2, -0.15) is 0 Å². The van der Waals surface area contributed by atoms with Crippen molar-refractivity contribution in [3.8, 4) is 0 Å². The van der Waals surface area contributed by atoms with Crippen LogP contribution in [0.1, 0.15) is 81.6 Å². The van der Waals surface area contributed by atoms with Crippen molar-refractivity contribution >= 4 is 17.4 Å². The van der Waals surface area contributed by atoms with Gasteiger partial charge in [-0.3, -0.25) is 0 Å². The standard InChI is InChI=1S/C19H34N2O2/c1-10-16(4,5)13-14(17(6,7)11-2)21-19(20-13,15(22)23)18(8,9)12-3/h10-12H2,1-9H3,(H,22,23). The molecule has 1 aliphatic rings.